The van der Waals surface area contributed by atoms with Crippen LogP contribution in [0, 0.1) is 0 Å². The molecule has 0 bridgehead atoms. The van der Waals surface area contributed by atoms with Gasteiger partial charge in [0, 0.05) is 25.2 Å². The Morgan fingerprint density at radius 2 is 2.04 bits per heavy atom. The molecule has 1 amide bonds. The molecule has 1 atom stereocenters. The van der Waals surface area contributed by atoms with Gasteiger partial charge in [-0.15, -0.1) is 0 Å². The van der Waals surface area contributed by atoms with Crippen LogP contribution in [0.4, 0.5) is 4.79 Å². The fourth-order valence-electron chi connectivity index (χ4n) is 2.95. The summed E-state index contributed by atoms with van der Waals surface area (Å²) in [6.07, 6.45) is 0.428. The van der Waals surface area contributed by atoms with Crippen molar-refractivity contribution in [3.05, 3.63) is 35.9 Å². The summed E-state index contributed by atoms with van der Waals surface area (Å²) < 4.78 is 5.43. The summed E-state index contributed by atoms with van der Waals surface area (Å²) in [4.78, 5) is 26.8. The van der Waals surface area contributed by atoms with Crippen LogP contribution in [0.15, 0.2) is 30.3 Å². The first-order valence-electron chi connectivity index (χ1n) is 7.90. The highest BCUT2D eigenvalue weighted by atomic mass is 16.6. The van der Waals surface area contributed by atoms with Crippen LogP contribution < -0.4 is 0 Å². The van der Waals surface area contributed by atoms with Crippen LogP contribution >= 0.6 is 0 Å². The van der Waals surface area contributed by atoms with Gasteiger partial charge in [0.1, 0.15) is 6.61 Å². The fourth-order valence-corrected chi connectivity index (χ4v) is 2.95. The molecule has 1 aliphatic heterocycles. The molecule has 0 unspecified atom stereocenters. The number of carbonyl (C=O) groups is 2. The number of hydrogen-bond donors (Lipinski definition) is 1. The number of carboxylic acid groups (broad SMARTS) is 1. The third kappa shape index (κ3) is 4.96. The van der Waals surface area contributed by atoms with Crippen molar-refractivity contribution in [3.63, 3.8) is 0 Å². The lowest BCUT2D eigenvalue weighted by atomic mass is 10.2. The minimum absolute atomic E-state index is 0.00220. The molecule has 2 rings (SSSR count). The van der Waals surface area contributed by atoms with Gasteiger partial charge < -0.3 is 14.7 Å². The highest BCUT2D eigenvalue weighted by Crippen LogP contribution is 2.19. The molecule has 1 heterocycles. The first-order chi connectivity index (χ1) is 11.0. The van der Waals surface area contributed by atoms with Gasteiger partial charge >= 0.3 is 12.1 Å². The third-order valence-corrected chi connectivity index (χ3v) is 3.97. The van der Waals surface area contributed by atoms with E-state index in [0.29, 0.717) is 13.1 Å². The van der Waals surface area contributed by atoms with E-state index in [4.69, 9.17) is 9.84 Å². The third-order valence-electron chi connectivity index (χ3n) is 3.97. The Hall–Kier alpha value is -2.08. The lowest BCUT2D eigenvalue weighted by molar-refractivity contribution is -0.138. The van der Waals surface area contributed by atoms with Crippen molar-refractivity contribution in [1.82, 2.24) is 9.80 Å². The molecular weight excluding hydrogens is 296 g/mol. The lowest BCUT2D eigenvalue weighted by Crippen LogP contribution is -2.46. The van der Waals surface area contributed by atoms with Gasteiger partial charge in [0.05, 0.1) is 6.54 Å². The van der Waals surface area contributed by atoms with Crippen LogP contribution in [0.5, 0.6) is 0 Å². The van der Waals surface area contributed by atoms with Crippen molar-refractivity contribution in [2.45, 2.75) is 39.0 Å². The van der Waals surface area contributed by atoms with Gasteiger partial charge in [-0.2, -0.15) is 0 Å². The Labute approximate surface area is 136 Å². The summed E-state index contributed by atoms with van der Waals surface area (Å²) in [7, 11) is 0. The monoisotopic (exact) mass is 320 g/mol. The molecule has 0 aliphatic carbocycles. The molecule has 1 fully saturated rings. The van der Waals surface area contributed by atoms with E-state index in [1.165, 1.54) is 0 Å². The van der Waals surface area contributed by atoms with Crippen molar-refractivity contribution in [1.29, 1.82) is 0 Å². The molecule has 0 spiro atoms. The first-order valence-corrected chi connectivity index (χ1v) is 7.90. The lowest BCUT2D eigenvalue weighted by Gasteiger charge is -2.31. The molecule has 23 heavy (non-hydrogen) atoms. The number of likely N-dealkylation sites (tertiary alicyclic amines) is 1. The van der Waals surface area contributed by atoms with Gasteiger partial charge in [-0.25, -0.2) is 4.79 Å². The van der Waals surface area contributed by atoms with Gasteiger partial charge in [0.25, 0.3) is 0 Å². The van der Waals surface area contributed by atoms with Crippen molar-refractivity contribution in [3.8, 4) is 0 Å². The highest BCUT2D eigenvalue weighted by molar-refractivity contribution is 5.70. The normalized spacial score (nSPS) is 18.1. The smallest absolute Gasteiger partial charge is 0.410 e. The van der Waals surface area contributed by atoms with E-state index in [1.54, 1.807) is 4.90 Å². The quantitative estimate of drug-likeness (QED) is 0.870. The Morgan fingerprint density at radius 3 is 2.65 bits per heavy atom. The predicted octanol–water partition coefficient (Wildman–Crippen LogP) is 2.19. The molecule has 1 aliphatic rings. The first kappa shape index (κ1) is 17.3. The molecule has 0 aromatic heterocycles. The number of carbonyl (C=O) groups excluding carboxylic acids is 1. The zero-order valence-corrected chi connectivity index (χ0v) is 13.6. The highest BCUT2D eigenvalue weighted by Gasteiger charge is 2.33. The second kappa shape index (κ2) is 7.97. The van der Waals surface area contributed by atoms with E-state index in [0.717, 1.165) is 12.0 Å². The van der Waals surface area contributed by atoms with Crippen LogP contribution in [0.1, 0.15) is 25.8 Å². The Bertz CT molecular complexity index is 533. The maximum atomic E-state index is 12.4. The predicted molar refractivity (Wildman–Crippen MR) is 86.1 cm³/mol. The number of amides is 1. The molecule has 6 heteroatoms. The van der Waals surface area contributed by atoms with Crippen molar-refractivity contribution >= 4 is 12.1 Å². The van der Waals surface area contributed by atoms with Crippen LogP contribution in [0.25, 0.3) is 0 Å². The number of ether oxygens (including phenoxy) is 1. The standard InChI is InChI=1S/C17H24N2O4/c1-13(2)19(15-8-9-18(10-15)11-16(20)21)17(22)23-12-14-6-4-3-5-7-14/h3-7,13,15H,8-12H2,1-2H3,(H,20,21)/t15-/m1/s1. The Kier molecular flexibility index (Phi) is 5.98. The van der Waals surface area contributed by atoms with Crippen molar-refractivity contribution in [2.75, 3.05) is 19.6 Å². The molecular formula is C17H24N2O4. The van der Waals surface area contributed by atoms with Gasteiger partial charge in [0.2, 0.25) is 0 Å². The molecule has 1 aromatic carbocycles. The molecule has 126 valence electrons. The van der Waals surface area contributed by atoms with Crippen LogP contribution in [0.3, 0.4) is 0 Å². The van der Waals surface area contributed by atoms with Crippen LogP contribution in [-0.2, 0) is 16.1 Å². The molecule has 1 aromatic rings. The zero-order valence-electron chi connectivity index (χ0n) is 13.6. The van der Waals surface area contributed by atoms with E-state index in [-0.39, 0.29) is 31.3 Å². The van der Waals surface area contributed by atoms with Gasteiger partial charge in [0.15, 0.2) is 0 Å². The van der Waals surface area contributed by atoms with Gasteiger partial charge in [-0.05, 0) is 25.8 Å². The van der Waals surface area contributed by atoms with Gasteiger partial charge in [-0.3, -0.25) is 9.69 Å². The minimum Gasteiger partial charge on any atom is -0.480 e. The van der Waals surface area contributed by atoms with Crippen LogP contribution in [0.2, 0.25) is 0 Å². The SMILES string of the molecule is CC(C)N(C(=O)OCc1ccccc1)[C@@H]1CCN(CC(=O)O)C1. The van der Waals surface area contributed by atoms with E-state index in [9.17, 15) is 9.59 Å². The summed E-state index contributed by atoms with van der Waals surface area (Å²) in [6, 6.07) is 9.56. The molecule has 6 nitrogen and oxygen atoms in total. The fraction of sp³-hybridized carbons (Fsp3) is 0.529. The molecule has 0 radical (unpaired) electrons. The second-order valence-electron chi connectivity index (χ2n) is 6.11. The van der Waals surface area contributed by atoms with E-state index < -0.39 is 5.97 Å². The molecule has 1 N–H and O–H groups in total. The Morgan fingerprint density at radius 1 is 1.35 bits per heavy atom. The summed E-state index contributed by atoms with van der Waals surface area (Å²) >= 11 is 0. The number of aliphatic carboxylic acids is 1. The van der Waals surface area contributed by atoms with Gasteiger partial charge in [-0.1, -0.05) is 30.3 Å². The topological polar surface area (TPSA) is 70.1 Å². The molecule has 1 saturated heterocycles. The minimum atomic E-state index is -0.839. The number of hydrogen-bond acceptors (Lipinski definition) is 4. The van der Waals surface area contributed by atoms with Crippen molar-refractivity contribution < 1.29 is 19.4 Å². The average molecular weight is 320 g/mol. The van der Waals surface area contributed by atoms with E-state index in [2.05, 4.69) is 0 Å². The number of nitrogens with zero attached hydrogens (tertiary/aromatic N) is 2. The maximum Gasteiger partial charge on any atom is 0.410 e. The van der Waals surface area contributed by atoms with E-state index >= 15 is 0 Å². The number of rotatable bonds is 6. The Balaban J connectivity index is 1.93. The summed E-state index contributed by atoms with van der Waals surface area (Å²) in [5.41, 5.74) is 0.948. The summed E-state index contributed by atoms with van der Waals surface area (Å²) in [6.45, 7) is 5.42. The maximum absolute atomic E-state index is 12.4. The summed E-state index contributed by atoms with van der Waals surface area (Å²) in [5, 5.41) is 8.88. The average Bonchev–Trinajstić information content (AvgIpc) is 2.93. The summed E-state index contributed by atoms with van der Waals surface area (Å²) in [5.74, 6) is -0.839. The largest absolute Gasteiger partial charge is 0.480 e. The zero-order chi connectivity index (χ0) is 16.8. The van der Waals surface area contributed by atoms with E-state index in [1.807, 2.05) is 49.1 Å². The van der Waals surface area contributed by atoms with Crippen molar-refractivity contribution in [2.24, 2.45) is 0 Å². The second-order valence-corrected chi connectivity index (χ2v) is 6.11. The number of carboxylic acids is 1. The number of benzene rings is 1. The molecule has 0 saturated carbocycles. The van der Waals surface area contributed by atoms with Crippen LogP contribution in [-0.4, -0.2) is 58.7 Å².